The van der Waals surface area contributed by atoms with Crippen LogP contribution in [0.4, 0.5) is 11.4 Å². The molecule has 0 aliphatic rings. The molecular weight excluding hydrogens is 620 g/mol. The van der Waals surface area contributed by atoms with Gasteiger partial charge in [-0.25, -0.2) is 9.59 Å². The normalized spacial score (nSPS) is 11.3. The highest BCUT2D eigenvalue weighted by Gasteiger charge is 2.14. The third kappa shape index (κ3) is 6.32. The van der Waals surface area contributed by atoms with E-state index in [4.69, 9.17) is 8.83 Å². The lowest BCUT2D eigenvalue weighted by atomic mass is 9.95. The average Bonchev–Trinajstić information content (AvgIpc) is 3.15. The van der Waals surface area contributed by atoms with Crippen LogP contribution >= 0.6 is 0 Å². The van der Waals surface area contributed by atoms with E-state index in [9.17, 15) is 9.59 Å². The molecule has 0 saturated carbocycles. The summed E-state index contributed by atoms with van der Waals surface area (Å²) in [5, 5.41) is 1.76. The molecule has 6 nitrogen and oxygen atoms in total. The molecule has 0 amide bonds. The van der Waals surface area contributed by atoms with Crippen LogP contribution in [0.5, 0.6) is 0 Å². The molecule has 50 heavy (non-hydrogen) atoms. The van der Waals surface area contributed by atoms with Crippen molar-refractivity contribution >= 4 is 33.3 Å². The molecule has 0 N–H and O–H groups in total. The lowest BCUT2D eigenvalue weighted by Gasteiger charge is -2.21. The Morgan fingerprint density at radius 3 is 1.12 bits per heavy atom. The molecule has 0 atom stereocenters. The summed E-state index contributed by atoms with van der Waals surface area (Å²) in [6, 6.07) is 40.2. The Morgan fingerprint density at radius 2 is 0.760 bits per heavy atom. The molecule has 5 aromatic carbocycles. The predicted octanol–water partition coefficient (Wildman–Crippen LogP) is 10.3. The van der Waals surface area contributed by atoms with Crippen molar-refractivity contribution in [2.45, 2.75) is 27.7 Å². The van der Waals surface area contributed by atoms with Gasteiger partial charge < -0.3 is 18.6 Å². The molecule has 0 aliphatic carbocycles. The highest BCUT2D eigenvalue weighted by Crippen LogP contribution is 2.33. The Bertz CT molecular complexity index is 2280. The molecule has 0 bridgehead atoms. The monoisotopic (exact) mass is 660 g/mol. The van der Waals surface area contributed by atoms with Crippen LogP contribution in [0.1, 0.15) is 27.7 Å². The van der Waals surface area contributed by atoms with Gasteiger partial charge in [0.15, 0.2) is 0 Å². The molecular formula is C44H40N2O4. The first kappa shape index (κ1) is 32.7. The summed E-state index contributed by atoms with van der Waals surface area (Å²) in [4.78, 5) is 30.9. The molecule has 2 heterocycles. The van der Waals surface area contributed by atoms with E-state index in [0.29, 0.717) is 22.3 Å². The first-order valence-corrected chi connectivity index (χ1v) is 17.4. The van der Waals surface area contributed by atoms with Crippen molar-refractivity contribution < 1.29 is 8.83 Å². The minimum atomic E-state index is -0.362. The summed E-state index contributed by atoms with van der Waals surface area (Å²) >= 11 is 0. The summed E-state index contributed by atoms with van der Waals surface area (Å²) in [5.74, 6) is 0. The average molecular weight is 661 g/mol. The third-order valence-electron chi connectivity index (χ3n) is 9.57. The van der Waals surface area contributed by atoms with Gasteiger partial charge in [0, 0.05) is 60.5 Å². The van der Waals surface area contributed by atoms with Gasteiger partial charge in [-0.15, -0.1) is 0 Å². The Morgan fingerprint density at radius 1 is 0.420 bits per heavy atom. The van der Waals surface area contributed by atoms with Crippen LogP contribution in [0.3, 0.4) is 0 Å². The highest BCUT2D eigenvalue weighted by atomic mass is 16.4. The number of anilines is 2. The number of hydrogen-bond donors (Lipinski definition) is 0. The van der Waals surface area contributed by atoms with Crippen molar-refractivity contribution in [2.24, 2.45) is 0 Å². The maximum atomic E-state index is 13.2. The fourth-order valence-corrected chi connectivity index (χ4v) is 6.78. The van der Waals surface area contributed by atoms with E-state index in [1.165, 1.54) is 0 Å². The Labute approximate surface area is 291 Å². The van der Waals surface area contributed by atoms with Crippen molar-refractivity contribution in [2.75, 3.05) is 36.0 Å². The van der Waals surface area contributed by atoms with E-state index in [2.05, 4.69) is 67.8 Å². The number of benzene rings is 5. The summed E-state index contributed by atoms with van der Waals surface area (Å²) in [6.07, 6.45) is 0. The van der Waals surface area contributed by atoms with Crippen LogP contribution in [0, 0.1) is 0 Å². The second kappa shape index (κ2) is 13.9. The molecule has 250 valence electrons. The van der Waals surface area contributed by atoms with Gasteiger partial charge in [0.25, 0.3) is 0 Å². The van der Waals surface area contributed by atoms with Crippen LogP contribution in [0.15, 0.2) is 140 Å². The Kier molecular flexibility index (Phi) is 9.09. The van der Waals surface area contributed by atoms with E-state index >= 15 is 0 Å². The van der Waals surface area contributed by atoms with Crippen molar-refractivity contribution in [1.82, 2.24) is 0 Å². The second-order valence-corrected chi connectivity index (χ2v) is 12.4. The smallest absolute Gasteiger partial charge is 0.344 e. The maximum absolute atomic E-state index is 13.2. The zero-order valence-electron chi connectivity index (χ0n) is 28.9. The molecule has 2 aromatic heterocycles. The molecule has 0 spiro atoms. The van der Waals surface area contributed by atoms with E-state index in [1.54, 1.807) is 0 Å². The first-order valence-electron chi connectivity index (χ1n) is 17.4. The van der Waals surface area contributed by atoms with Gasteiger partial charge in [-0.2, -0.15) is 0 Å². The third-order valence-corrected chi connectivity index (χ3v) is 9.57. The van der Waals surface area contributed by atoms with Crippen molar-refractivity contribution in [1.29, 1.82) is 0 Å². The van der Waals surface area contributed by atoms with Gasteiger partial charge in [0.05, 0.1) is 11.1 Å². The predicted molar refractivity (Wildman–Crippen MR) is 207 cm³/mol. The van der Waals surface area contributed by atoms with E-state index in [1.807, 2.05) is 91.0 Å². The Balaban J connectivity index is 1.20. The molecule has 0 unspecified atom stereocenters. The molecule has 7 rings (SSSR count). The molecule has 7 aromatic rings. The number of rotatable bonds is 10. The van der Waals surface area contributed by atoms with Gasteiger partial charge in [0.1, 0.15) is 11.2 Å². The largest absolute Gasteiger partial charge is 0.422 e. The van der Waals surface area contributed by atoms with Crippen LogP contribution in [-0.4, -0.2) is 26.2 Å². The van der Waals surface area contributed by atoms with Crippen molar-refractivity contribution in [3.8, 4) is 44.5 Å². The van der Waals surface area contributed by atoms with Gasteiger partial charge in [-0.1, -0.05) is 54.6 Å². The van der Waals surface area contributed by atoms with E-state index < -0.39 is 0 Å². The SMILES string of the molecule is CCN(CC)c1ccc2cc(-c3cccc(-c4cccc(-c5cccc(-c6cc7ccc(N(CC)CC)cc7oc6=O)c5)c4)c3)c(=O)oc2c1. The zero-order valence-corrected chi connectivity index (χ0v) is 28.9. The van der Waals surface area contributed by atoms with Gasteiger partial charge in [-0.05, 0) is 116 Å². The zero-order chi connectivity index (χ0) is 34.8. The fraction of sp³-hybridized carbons (Fsp3) is 0.182. The first-order chi connectivity index (χ1) is 24.4. The second-order valence-electron chi connectivity index (χ2n) is 12.4. The summed E-state index contributed by atoms with van der Waals surface area (Å²) < 4.78 is 11.7. The summed E-state index contributed by atoms with van der Waals surface area (Å²) in [5.41, 5.74) is 9.15. The maximum Gasteiger partial charge on any atom is 0.344 e. The standard InChI is InChI=1S/C44H40N2O4/c1-5-45(6-2)37-20-18-35-25-39(43(47)49-41(35)27-37)33-16-10-14-31(23-33)29-12-9-13-30(22-29)32-15-11-17-34(24-32)40-26-36-19-21-38(46(7-3)8-4)28-42(36)50-44(40)48/h9-28H,5-8H2,1-4H3. The van der Waals surface area contributed by atoms with Crippen LogP contribution in [0.25, 0.3) is 66.4 Å². The van der Waals surface area contributed by atoms with Gasteiger partial charge in [-0.3, -0.25) is 0 Å². The number of hydrogen-bond acceptors (Lipinski definition) is 6. The topological polar surface area (TPSA) is 66.9 Å². The molecule has 0 radical (unpaired) electrons. The van der Waals surface area contributed by atoms with Crippen molar-refractivity contribution in [3.05, 3.63) is 142 Å². The number of fused-ring (bicyclic) bond motifs is 2. The van der Waals surface area contributed by atoms with Gasteiger partial charge in [0.2, 0.25) is 0 Å². The van der Waals surface area contributed by atoms with Crippen LogP contribution < -0.4 is 21.1 Å². The van der Waals surface area contributed by atoms with Crippen LogP contribution in [-0.2, 0) is 0 Å². The molecule has 0 aliphatic heterocycles. The minimum Gasteiger partial charge on any atom is -0.422 e. The minimum absolute atomic E-state index is 0.362. The van der Waals surface area contributed by atoms with Gasteiger partial charge >= 0.3 is 11.3 Å². The lowest BCUT2D eigenvalue weighted by molar-refractivity contribution is 0.563. The van der Waals surface area contributed by atoms with Crippen molar-refractivity contribution in [3.63, 3.8) is 0 Å². The summed E-state index contributed by atoms with van der Waals surface area (Å²) in [7, 11) is 0. The summed E-state index contributed by atoms with van der Waals surface area (Å²) in [6.45, 7) is 12.0. The molecule has 0 saturated heterocycles. The quantitative estimate of drug-likeness (QED) is 0.136. The Hall–Kier alpha value is -5.88. The van der Waals surface area contributed by atoms with E-state index in [0.717, 1.165) is 81.7 Å². The van der Waals surface area contributed by atoms with Crippen LogP contribution in [0.2, 0.25) is 0 Å². The highest BCUT2D eigenvalue weighted by molar-refractivity contribution is 5.87. The van der Waals surface area contributed by atoms with E-state index in [-0.39, 0.29) is 11.3 Å². The molecule has 0 fully saturated rings. The lowest BCUT2D eigenvalue weighted by Crippen LogP contribution is -2.21. The fourth-order valence-electron chi connectivity index (χ4n) is 6.78. The number of nitrogens with zero attached hydrogens (tertiary/aromatic N) is 2. The molecule has 6 heteroatoms.